The van der Waals surface area contributed by atoms with Crippen molar-refractivity contribution in [2.75, 3.05) is 19.5 Å². The molecule has 31 heavy (non-hydrogen) atoms. The molecule has 2 aromatic carbocycles. The molecule has 3 rings (SSSR count). The Morgan fingerprint density at radius 3 is 2.42 bits per heavy atom. The maximum Gasteiger partial charge on any atom is 0.255 e. The van der Waals surface area contributed by atoms with Crippen LogP contribution < -0.4 is 20.1 Å². The fourth-order valence-corrected chi connectivity index (χ4v) is 5.25. The molecule has 1 aliphatic rings. The van der Waals surface area contributed by atoms with Gasteiger partial charge in [-0.25, -0.2) is 13.1 Å². The molecule has 0 bridgehead atoms. The third kappa shape index (κ3) is 5.05. The van der Waals surface area contributed by atoms with Crippen LogP contribution in [0.2, 0.25) is 0 Å². The SMILES string of the molecule is CNC(=O)c1c(C)cccc1NC(=O)c1ccc(OC)c(S(=O)(=O)NC2CCCC2)c1. The Morgan fingerprint density at radius 1 is 1.06 bits per heavy atom. The molecular formula is C22H27N3O5S. The largest absolute Gasteiger partial charge is 0.495 e. The van der Waals surface area contributed by atoms with Crippen LogP contribution in [0.4, 0.5) is 5.69 Å². The average molecular weight is 446 g/mol. The number of hydrogen-bond acceptors (Lipinski definition) is 5. The summed E-state index contributed by atoms with van der Waals surface area (Å²) in [6.45, 7) is 1.77. The first kappa shape index (κ1) is 22.8. The third-order valence-corrected chi connectivity index (χ3v) is 6.91. The number of carbonyl (C=O) groups excluding carboxylic acids is 2. The van der Waals surface area contributed by atoms with Crippen LogP contribution in [0.25, 0.3) is 0 Å². The highest BCUT2D eigenvalue weighted by Gasteiger charge is 2.27. The van der Waals surface area contributed by atoms with E-state index < -0.39 is 15.9 Å². The molecule has 0 aliphatic heterocycles. The topological polar surface area (TPSA) is 114 Å². The van der Waals surface area contributed by atoms with Gasteiger partial charge in [-0.15, -0.1) is 0 Å². The number of aryl methyl sites for hydroxylation is 1. The lowest BCUT2D eigenvalue weighted by molar-refractivity contribution is 0.0963. The predicted octanol–water partition coefficient (Wildman–Crippen LogP) is 2.84. The first-order valence-corrected chi connectivity index (χ1v) is 11.6. The number of rotatable bonds is 7. The van der Waals surface area contributed by atoms with Crippen LogP contribution in [0.15, 0.2) is 41.3 Å². The standard InChI is InChI=1S/C22H27N3O5S/c1-14-7-6-10-17(20(14)22(27)23-2)24-21(26)15-11-12-18(30-3)19(13-15)31(28,29)25-16-8-4-5-9-16/h6-7,10-13,16,25H,4-5,8-9H2,1-3H3,(H,23,27)(H,24,26). The summed E-state index contributed by atoms with van der Waals surface area (Å²) in [5, 5.41) is 5.28. The summed E-state index contributed by atoms with van der Waals surface area (Å²) in [6, 6.07) is 9.24. The molecule has 1 fully saturated rings. The molecule has 1 aliphatic carbocycles. The number of hydrogen-bond donors (Lipinski definition) is 3. The van der Waals surface area contributed by atoms with Crippen LogP contribution in [0.5, 0.6) is 5.75 Å². The fraction of sp³-hybridized carbons (Fsp3) is 0.364. The summed E-state index contributed by atoms with van der Waals surface area (Å²) in [5.41, 5.74) is 1.53. The monoisotopic (exact) mass is 445 g/mol. The number of sulfonamides is 1. The molecule has 8 nitrogen and oxygen atoms in total. The third-order valence-electron chi connectivity index (χ3n) is 5.37. The number of benzene rings is 2. The van der Waals surface area contributed by atoms with E-state index in [1.807, 2.05) is 0 Å². The molecule has 9 heteroatoms. The normalized spacial score (nSPS) is 14.3. The Kier molecular flexibility index (Phi) is 6.97. The van der Waals surface area contributed by atoms with Crippen LogP contribution >= 0.6 is 0 Å². The summed E-state index contributed by atoms with van der Waals surface area (Å²) in [4.78, 5) is 25.1. The summed E-state index contributed by atoms with van der Waals surface area (Å²) >= 11 is 0. The van der Waals surface area contributed by atoms with E-state index in [1.165, 1.54) is 32.4 Å². The molecule has 0 heterocycles. The van der Waals surface area contributed by atoms with Gasteiger partial charge in [-0.3, -0.25) is 9.59 Å². The van der Waals surface area contributed by atoms with Crippen molar-refractivity contribution in [3.05, 3.63) is 53.1 Å². The van der Waals surface area contributed by atoms with Crippen molar-refractivity contribution in [2.24, 2.45) is 0 Å². The predicted molar refractivity (Wildman–Crippen MR) is 118 cm³/mol. The number of nitrogens with one attached hydrogen (secondary N) is 3. The number of anilines is 1. The first-order chi connectivity index (χ1) is 14.8. The molecular weight excluding hydrogens is 418 g/mol. The molecule has 166 valence electrons. The van der Waals surface area contributed by atoms with E-state index in [-0.39, 0.29) is 28.2 Å². The van der Waals surface area contributed by atoms with Crippen molar-refractivity contribution in [3.8, 4) is 5.75 Å². The number of carbonyl (C=O) groups is 2. The molecule has 0 unspecified atom stereocenters. The second kappa shape index (κ2) is 9.49. The number of ether oxygens (including phenoxy) is 1. The van der Waals surface area contributed by atoms with E-state index >= 15 is 0 Å². The van der Waals surface area contributed by atoms with E-state index in [0.29, 0.717) is 16.8 Å². The lowest BCUT2D eigenvalue weighted by Crippen LogP contribution is -2.33. The van der Waals surface area contributed by atoms with Crippen molar-refractivity contribution in [1.29, 1.82) is 0 Å². The molecule has 0 atom stereocenters. The minimum atomic E-state index is -3.87. The van der Waals surface area contributed by atoms with Crippen molar-refractivity contribution >= 4 is 27.5 Å². The Bertz CT molecular complexity index is 1090. The minimum Gasteiger partial charge on any atom is -0.495 e. The Labute approximate surface area is 182 Å². The Hall–Kier alpha value is -2.91. The van der Waals surface area contributed by atoms with Gasteiger partial charge in [0, 0.05) is 18.7 Å². The van der Waals surface area contributed by atoms with Gasteiger partial charge in [0.05, 0.1) is 18.4 Å². The van der Waals surface area contributed by atoms with E-state index in [0.717, 1.165) is 25.7 Å². The van der Waals surface area contributed by atoms with Crippen LogP contribution in [-0.4, -0.2) is 40.4 Å². The highest BCUT2D eigenvalue weighted by atomic mass is 32.2. The smallest absolute Gasteiger partial charge is 0.255 e. The zero-order valence-electron chi connectivity index (χ0n) is 17.8. The molecule has 0 spiro atoms. The lowest BCUT2D eigenvalue weighted by atomic mass is 10.1. The summed E-state index contributed by atoms with van der Waals surface area (Å²) < 4.78 is 33.8. The lowest BCUT2D eigenvalue weighted by Gasteiger charge is -2.16. The highest BCUT2D eigenvalue weighted by molar-refractivity contribution is 7.89. The minimum absolute atomic E-state index is 0.0923. The van der Waals surface area contributed by atoms with E-state index in [1.54, 1.807) is 25.1 Å². The molecule has 2 aromatic rings. The molecule has 0 radical (unpaired) electrons. The maximum atomic E-state index is 13.0. The van der Waals surface area contributed by atoms with E-state index in [2.05, 4.69) is 15.4 Å². The van der Waals surface area contributed by atoms with Gasteiger partial charge in [0.15, 0.2) is 0 Å². The van der Waals surface area contributed by atoms with Crippen molar-refractivity contribution in [2.45, 2.75) is 43.5 Å². The zero-order chi connectivity index (χ0) is 22.6. The summed E-state index contributed by atoms with van der Waals surface area (Å²) in [5.74, 6) is -0.702. The first-order valence-electron chi connectivity index (χ1n) is 10.1. The van der Waals surface area contributed by atoms with Gasteiger partial charge in [-0.1, -0.05) is 25.0 Å². The average Bonchev–Trinajstić information content (AvgIpc) is 3.25. The van der Waals surface area contributed by atoms with Gasteiger partial charge >= 0.3 is 0 Å². The zero-order valence-corrected chi connectivity index (χ0v) is 18.6. The number of amides is 2. The van der Waals surface area contributed by atoms with Crippen molar-refractivity contribution in [1.82, 2.24) is 10.0 Å². The van der Waals surface area contributed by atoms with Gasteiger partial charge in [0.2, 0.25) is 10.0 Å². The van der Waals surface area contributed by atoms with Gasteiger partial charge in [0.1, 0.15) is 10.6 Å². The maximum absolute atomic E-state index is 13.0. The molecule has 0 saturated heterocycles. The van der Waals surface area contributed by atoms with Crippen molar-refractivity contribution in [3.63, 3.8) is 0 Å². The van der Waals surface area contributed by atoms with Crippen LogP contribution in [-0.2, 0) is 10.0 Å². The van der Waals surface area contributed by atoms with Crippen molar-refractivity contribution < 1.29 is 22.7 Å². The summed E-state index contributed by atoms with van der Waals surface area (Å²) in [7, 11) is -0.973. The van der Waals surface area contributed by atoms with E-state index in [9.17, 15) is 18.0 Å². The van der Waals surface area contributed by atoms with Gasteiger partial charge in [-0.05, 0) is 49.6 Å². The molecule has 0 aromatic heterocycles. The summed E-state index contributed by atoms with van der Waals surface area (Å²) in [6.07, 6.45) is 3.54. The fourth-order valence-electron chi connectivity index (χ4n) is 3.75. The number of methoxy groups -OCH3 is 1. The van der Waals surface area contributed by atoms with Gasteiger partial charge in [-0.2, -0.15) is 0 Å². The second-order valence-electron chi connectivity index (χ2n) is 7.50. The van der Waals surface area contributed by atoms with E-state index in [4.69, 9.17) is 4.74 Å². The second-order valence-corrected chi connectivity index (χ2v) is 9.18. The Balaban J connectivity index is 1.92. The molecule has 2 amide bonds. The molecule has 3 N–H and O–H groups in total. The van der Waals surface area contributed by atoms with Gasteiger partial charge in [0.25, 0.3) is 11.8 Å². The Morgan fingerprint density at radius 2 is 1.77 bits per heavy atom. The van der Waals surface area contributed by atoms with Crippen LogP contribution in [0.1, 0.15) is 52.0 Å². The van der Waals surface area contributed by atoms with Gasteiger partial charge < -0.3 is 15.4 Å². The van der Waals surface area contributed by atoms with Crippen LogP contribution in [0, 0.1) is 6.92 Å². The van der Waals surface area contributed by atoms with Crippen LogP contribution in [0.3, 0.4) is 0 Å². The highest BCUT2D eigenvalue weighted by Crippen LogP contribution is 2.28. The molecule has 1 saturated carbocycles. The quantitative estimate of drug-likeness (QED) is 0.606.